The van der Waals surface area contributed by atoms with E-state index in [1.54, 1.807) is 67.7 Å². The minimum atomic E-state index is -1.13. The number of allylic oxidation sites excluding steroid dienone is 2. The molecule has 1 aliphatic carbocycles. The number of nitrogens with two attached hydrogens (primary N) is 1. The summed E-state index contributed by atoms with van der Waals surface area (Å²) in [6.45, 7) is 0. The van der Waals surface area contributed by atoms with Crippen molar-refractivity contribution < 1.29 is 14.0 Å². The maximum Gasteiger partial charge on any atom is 0.320 e. The zero-order valence-electron chi connectivity index (χ0n) is 16.6. The number of carbonyl (C=O) groups excluding carboxylic acids is 2. The molecule has 0 spiro atoms. The van der Waals surface area contributed by atoms with Crippen molar-refractivity contribution in [3.8, 4) is 0 Å². The number of halogens is 2. The molecule has 0 saturated heterocycles. The third-order valence-electron chi connectivity index (χ3n) is 4.55. The van der Waals surface area contributed by atoms with Crippen molar-refractivity contribution in [2.24, 2.45) is 10.8 Å². The zero-order chi connectivity index (χ0) is 22.4. The van der Waals surface area contributed by atoms with Crippen LogP contribution in [0.1, 0.15) is 11.6 Å². The maximum absolute atomic E-state index is 14.5. The molecule has 160 valence electrons. The number of hydrazone groups is 1. The highest BCUT2D eigenvalue weighted by molar-refractivity contribution is 6.30. The lowest BCUT2D eigenvalue weighted by atomic mass is 10.0. The van der Waals surface area contributed by atoms with E-state index in [0.717, 1.165) is 4.90 Å². The number of rotatable bonds is 6. The van der Waals surface area contributed by atoms with E-state index in [0.29, 0.717) is 22.0 Å². The molecule has 0 heterocycles. The van der Waals surface area contributed by atoms with E-state index in [2.05, 4.69) is 15.8 Å². The molecular weight excluding hydrogens is 421 g/mol. The Balaban J connectivity index is 1.96. The molecule has 2 aromatic rings. The molecule has 2 aromatic carbocycles. The van der Waals surface area contributed by atoms with Crippen LogP contribution < -0.4 is 21.4 Å². The summed E-state index contributed by atoms with van der Waals surface area (Å²) in [7, 11) is 1.60. The third-order valence-corrected chi connectivity index (χ3v) is 4.80. The Bertz CT molecular complexity index is 1040. The summed E-state index contributed by atoms with van der Waals surface area (Å²) in [6, 6.07) is 12.0. The lowest BCUT2D eigenvalue weighted by Crippen LogP contribution is -2.48. The van der Waals surface area contributed by atoms with Gasteiger partial charge in [-0.3, -0.25) is 9.69 Å². The van der Waals surface area contributed by atoms with Crippen LogP contribution in [0.3, 0.4) is 0 Å². The van der Waals surface area contributed by atoms with Gasteiger partial charge in [-0.05, 0) is 42.0 Å². The number of benzene rings is 2. The highest BCUT2D eigenvalue weighted by Gasteiger charge is 2.33. The van der Waals surface area contributed by atoms with Gasteiger partial charge in [-0.1, -0.05) is 48.0 Å². The van der Waals surface area contributed by atoms with Crippen molar-refractivity contribution in [2.45, 2.75) is 12.1 Å². The molecule has 0 bridgehead atoms. The second-order valence-corrected chi connectivity index (χ2v) is 7.07. The summed E-state index contributed by atoms with van der Waals surface area (Å²) < 4.78 is 14.5. The molecule has 0 radical (unpaired) electrons. The quantitative estimate of drug-likeness (QED) is 0.598. The molecule has 9 heteroatoms. The van der Waals surface area contributed by atoms with Crippen molar-refractivity contribution in [3.63, 3.8) is 0 Å². The second kappa shape index (κ2) is 9.90. The van der Waals surface area contributed by atoms with Crippen molar-refractivity contribution in [1.29, 1.82) is 0 Å². The Hall–Kier alpha value is -3.65. The average molecular weight is 442 g/mol. The van der Waals surface area contributed by atoms with Gasteiger partial charge in [0.2, 0.25) is 5.91 Å². The molecule has 1 aliphatic rings. The second-order valence-electron chi connectivity index (χ2n) is 6.63. The van der Waals surface area contributed by atoms with Crippen LogP contribution in [0.2, 0.25) is 5.02 Å². The van der Waals surface area contributed by atoms with Crippen molar-refractivity contribution in [3.05, 3.63) is 89.2 Å². The van der Waals surface area contributed by atoms with E-state index in [9.17, 15) is 14.0 Å². The molecule has 0 saturated carbocycles. The Labute approximate surface area is 184 Å². The predicted octanol–water partition coefficient (Wildman–Crippen LogP) is 3.45. The minimum Gasteiger partial charge on any atom is -0.351 e. The molecule has 4 N–H and O–H groups in total. The van der Waals surface area contributed by atoms with Gasteiger partial charge in [0.05, 0.1) is 11.8 Å². The first-order valence-corrected chi connectivity index (χ1v) is 9.77. The number of anilines is 1. The molecule has 2 atom stereocenters. The number of primary amides is 1. The molecule has 3 amide bonds. The average Bonchev–Trinajstić information content (AvgIpc) is 2.75. The third kappa shape index (κ3) is 5.29. The molecule has 0 aliphatic heterocycles. The van der Waals surface area contributed by atoms with E-state index in [1.807, 2.05) is 0 Å². The van der Waals surface area contributed by atoms with Crippen LogP contribution >= 0.6 is 11.6 Å². The van der Waals surface area contributed by atoms with Gasteiger partial charge >= 0.3 is 6.03 Å². The fraction of sp³-hybridized carbons (Fsp3) is 0.136. The number of hydrogen-bond acceptors (Lipinski definition) is 4. The SMILES string of the molecule is CN/N=C1\C=CC(NC(=O)C(c2ccccc2)N(C(N)=O)c2ccc(Cl)cc2)C(F)=C1. The minimum absolute atomic E-state index is 0.375. The number of amides is 3. The summed E-state index contributed by atoms with van der Waals surface area (Å²) in [6.07, 6.45) is 4.26. The van der Waals surface area contributed by atoms with Crippen LogP contribution in [0.25, 0.3) is 0 Å². The number of hydrogen-bond donors (Lipinski definition) is 3. The van der Waals surface area contributed by atoms with E-state index in [-0.39, 0.29) is 0 Å². The number of urea groups is 1. The topological polar surface area (TPSA) is 99.8 Å². The number of carbonyl (C=O) groups is 2. The summed E-state index contributed by atoms with van der Waals surface area (Å²) in [5, 5.41) is 6.99. The van der Waals surface area contributed by atoms with Gasteiger partial charge in [-0.25, -0.2) is 9.18 Å². The largest absolute Gasteiger partial charge is 0.351 e. The van der Waals surface area contributed by atoms with Crippen molar-refractivity contribution >= 4 is 34.9 Å². The highest BCUT2D eigenvalue weighted by atomic mass is 35.5. The molecule has 31 heavy (non-hydrogen) atoms. The lowest BCUT2D eigenvalue weighted by Gasteiger charge is -2.31. The maximum atomic E-state index is 14.5. The smallest absolute Gasteiger partial charge is 0.320 e. The van der Waals surface area contributed by atoms with Gasteiger partial charge in [-0.15, -0.1) is 0 Å². The van der Waals surface area contributed by atoms with Crippen LogP contribution in [-0.2, 0) is 4.79 Å². The molecule has 2 unspecified atom stereocenters. The van der Waals surface area contributed by atoms with Crippen LogP contribution in [0.4, 0.5) is 14.9 Å². The summed E-state index contributed by atoms with van der Waals surface area (Å²) in [4.78, 5) is 26.8. The molecule has 0 fully saturated rings. The monoisotopic (exact) mass is 441 g/mol. The van der Waals surface area contributed by atoms with Crippen LogP contribution in [-0.4, -0.2) is 30.7 Å². The van der Waals surface area contributed by atoms with E-state index < -0.39 is 29.8 Å². The first-order chi connectivity index (χ1) is 14.9. The first-order valence-electron chi connectivity index (χ1n) is 9.40. The normalized spacial score (nSPS) is 17.6. The molecule has 7 nitrogen and oxygen atoms in total. The standard InChI is InChI=1S/C22H21ClFN5O2/c1-26-28-16-9-12-19(18(24)13-16)27-21(30)20(14-5-3-2-4-6-14)29(22(25)31)17-10-7-15(23)8-11-17/h2-13,19-20,26H,1H3,(H2,25,31)(H,27,30)/b28-16+. The van der Waals surface area contributed by atoms with Crippen molar-refractivity contribution in [1.82, 2.24) is 10.7 Å². The van der Waals surface area contributed by atoms with Gasteiger partial charge in [0.15, 0.2) is 0 Å². The summed E-state index contributed by atoms with van der Waals surface area (Å²) in [5.74, 6) is -1.19. The fourth-order valence-electron chi connectivity index (χ4n) is 3.17. The van der Waals surface area contributed by atoms with Gasteiger partial charge in [0, 0.05) is 17.8 Å². The van der Waals surface area contributed by atoms with E-state index >= 15 is 0 Å². The number of nitrogens with one attached hydrogen (secondary N) is 2. The van der Waals surface area contributed by atoms with E-state index in [1.165, 1.54) is 12.2 Å². The zero-order valence-corrected chi connectivity index (χ0v) is 17.4. The number of nitrogens with zero attached hydrogens (tertiary/aromatic N) is 2. The Morgan fingerprint density at radius 1 is 1.16 bits per heavy atom. The van der Waals surface area contributed by atoms with Crippen LogP contribution in [0.5, 0.6) is 0 Å². The van der Waals surface area contributed by atoms with Gasteiger partial charge < -0.3 is 16.5 Å². The Morgan fingerprint density at radius 2 is 1.84 bits per heavy atom. The van der Waals surface area contributed by atoms with Gasteiger partial charge in [0.25, 0.3) is 0 Å². The Morgan fingerprint density at radius 3 is 2.42 bits per heavy atom. The summed E-state index contributed by atoms with van der Waals surface area (Å²) in [5.41, 5.74) is 9.48. The Kier molecular flexibility index (Phi) is 7.04. The molecule has 3 rings (SSSR count). The first kappa shape index (κ1) is 22.0. The highest BCUT2D eigenvalue weighted by Crippen LogP contribution is 2.29. The van der Waals surface area contributed by atoms with Crippen LogP contribution in [0, 0.1) is 0 Å². The molecular formula is C22H21ClFN5O2. The summed E-state index contributed by atoms with van der Waals surface area (Å²) >= 11 is 5.95. The van der Waals surface area contributed by atoms with Crippen molar-refractivity contribution in [2.75, 3.05) is 11.9 Å². The van der Waals surface area contributed by atoms with Crippen LogP contribution in [0.15, 0.2) is 83.8 Å². The van der Waals surface area contributed by atoms with Gasteiger partial charge in [-0.2, -0.15) is 5.10 Å². The van der Waals surface area contributed by atoms with Gasteiger partial charge in [0.1, 0.15) is 11.9 Å². The fourth-order valence-corrected chi connectivity index (χ4v) is 3.30. The van der Waals surface area contributed by atoms with E-state index in [4.69, 9.17) is 17.3 Å². The molecule has 0 aromatic heterocycles. The predicted molar refractivity (Wildman–Crippen MR) is 119 cm³/mol. The lowest BCUT2D eigenvalue weighted by molar-refractivity contribution is -0.122.